The van der Waals surface area contributed by atoms with Crippen LogP contribution in [0.15, 0.2) is 48.5 Å². The molecule has 0 aliphatic carbocycles. The number of hydrogen-bond donors (Lipinski definition) is 3. The van der Waals surface area contributed by atoms with E-state index < -0.39 is 17.3 Å². The van der Waals surface area contributed by atoms with Crippen molar-refractivity contribution in [2.75, 3.05) is 11.9 Å². The van der Waals surface area contributed by atoms with Gasteiger partial charge in [0.15, 0.2) is 0 Å². The Bertz CT molecular complexity index is 745. The Kier molecular flexibility index (Phi) is 5.31. The zero-order chi connectivity index (χ0) is 17.7. The highest BCUT2D eigenvalue weighted by atomic mass is 19.1. The van der Waals surface area contributed by atoms with E-state index in [9.17, 15) is 19.1 Å². The first-order chi connectivity index (χ1) is 11.3. The summed E-state index contributed by atoms with van der Waals surface area (Å²) in [7, 11) is 0. The van der Waals surface area contributed by atoms with Crippen LogP contribution < -0.4 is 10.6 Å². The second-order valence-electron chi connectivity index (χ2n) is 5.70. The molecule has 6 heteroatoms. The third-order valence-electron chi connectivity index (χ3n) is 3.52. The van der Waals surface area contributed by atoms with Crippen LogP contribution in [0.25, 0.3) is 0 Å². The van der Waals surface area contributed by atoms with Crippen molar-refractivity contribution in [3.05, 3.63) is 65.5 Å². The summed E-state index contributed by atoms with van der Waals surface area (Å²) in [5, 5.41) is 15.5. The maximum atomic E-state index is 13.9. The van der Waals surface area contributed by atoms with E-state index in [2.05, 4.69) is 10.6 Å². The van der Waals surface area contributed by atoms with Gasteiger partial charge < -0.3 is 15.7 Å². The van der Waals surface area contributed by atoms with Gasteiger partial charge in [-0.25, -0.2) is 4.39 Å². The molecule has 126 valence electrons. The predicted octanol–water partition coefficient (Wildman–Crippen LogP) is 2.42. The number of nitrogens with one attached hydrogen (secondary N) is 2. The normalized spacial score (nSPS) is 13.0. The molecule has 5 nitrogen and oxygen atoms in total. The lowest BCUT2D eigenvalue weighted by Gasteiger charge is -2.24. The van der Waals surface area contributed by atoms with Crippen molar-refractivity contribution in [3.63, 3.8) is 0 Å². The fourth-order valence-corrected chi connectivity index (χ4v) is 2.23. The topological polar surface area (TPSA) is 78.4 Å². The monoisotopic (exact) mass is 330 g/mol. The fourth-order valence-electron chi connectivity index (χ4n) is 2.23. The number of aliphatic hydroxyl groups is 1. The third kappa shape index (κ3) is 4.39. The second-order valence-corrected chi connectivity index (χ2v) is 5.70. The van der Waals surface area contributed by atoms with E-state index in [1.165, 1.54) is 19.1 Å². The van der Waals surface area contributed by atoms with Gasteiger partial charge in [-0.1, -0.05) is 30.3 Å². The van der Waals surface area contributed by atoms with Gasteiger partial charge in [-0.15, -0.1) is 0 Å². The van der Waals surface area contributed by atoms with Crippen molar-refractivity contribution < 1.29 is 19.1 Å². The molecule has 0 aliphatic heterocycles. The Balaban J connectivity index is 2.11. The van der Waals surface area contributed by atoms with Gasteiger partial charge in [0.2, 0.25) is 5.91 Å². The molecule has 1 unspecified atom stereocenters. The van der Waals surface area contributed by atoms with Crippen LogP contribution in [0.2, 0.25) is 0 Å². The van der Waals surface area contributed by atoms with Crippen molar-refractivity contribution in [1.29, 1.82) is 0 Å². The van der Waals surface area contributed by atoms with Crippen LogP contribution in [0, 0.1) is 5.82 Å². The minimum atomic E-state index is -1.29. The second kappa shape index (κ2) is 7.23. The highest BCUT2D eigenvalue weighted by Gasteiger charge is 2.24. The molecule has 0 aliphatic rings. The maximum Gasteiger partial charge on any atom is 0.254 e. The summed E-state index contributed by atoms with van der Waals surface area (Å²) in [5.74, 6) is -1.70. The van der Waals surface area contributed by atoms with Crippen molar-refractivity contribution in [2.24, 2.45) is 0 Å². The molecule has 3 N–H and O–H groups in total. The van der Waals surface area contributed by atoms with E-state index in [0.717, 1.165) is 6.07 Å². The molecule has 0 aromatic heterocycles. The first-order valence-corrected chi connectivity index (χ1v) is 7.43. The number of carbonyl (C=O) groups excluding carboxylic acids is 2. The molecular weight excluding hydrogens is 311 g/mol. The summed E-state index contributed by atoms with van der Waals surface area (Å²) in [4.78, 5) is 23.3. The number of benzene rings is 2. The van der Waals surface area contributed by atoms with Crippen LogP contribution in [-0.4, -0.2) is 23.5 Å². The van der Waals surface area contributed by atoms with Crippen molar-refractivity contribution in [3.8, 4) is 0 Å². The fraction of sp³-hybridized carbons (Fsp3) is 0.222. The molecule has 0 spiro atoms. The maximum absolute atomic E-state index is 13.9. The molecule has 0 heterocycles. The predicted molar refractivity (Wildman–Crippen MR) is 89.0 cm³/mol. The Morgan fingerprint density at radius 3 is 2.46 bits per heavy atom. The number of halogens is 1. The van der Waals surface area contributed by atoms with Gasteiger partial charge in [0.1, 0.15) is 11.4 Å². The standard InChI is InChI=1S/C18H19FN2O3/c1-12(22)21-14-8-9-16(19)15(10-14)17(23)20-11-18(2,24)13-6-4-3-5-7-13/h3-10,24H,11H2,1-2H3,(H,20,23)(H,21,22). The van der Waals surface area contributed by atoms with E-state index in [1.807, 2.05) is 6.07 Å². The van der Waals surface area contributed by atoms with E-state index in [-0.39, 0.29) is 18.0 Å². The van der Waals surface area contributed by atoms with Crippen LogP contribution in [0.5, 0.6) is 0 Å². The first-order valence-electron chi connectivity index (χ1n) is 7.43. The molecule has 2 aromatic carbocycles. The highest BCUT2D eigenvalue weighted by molar-refractivity contribution is 5.97. The van der Waals surface area contributed by atoms with E-state index in [1.54, 1.807) is 31.2 Å². The van der Waals surface area contributed by atoms with Crippen molar-refractivity contribution in [1.82, 2.24) is 5.32 Å². The summed E-state index contributed by atoms with van der Waals surface area (Å²) in [6.07, 6.45) is 0. The van der Waals surface area contributed by atoms with E-state index in [4.69, 9.17) is 0 Å². The van der Waals surface area contributed by atoms with Gasteiger partial charge in [0.05, 0.1) is 12.1 Å². The number of anilines is 1. The number of amides is 2. The molecule has 0 fully saturated rings. The molecule has 0 bridgehead atoms. The Morgan fingerprint density at radius 1 is 1.17 bits per heavy atom. The number of hydrogen-bond acceptors (Lipinski definition) is 3. The lowest BCUT2D eigenvalue weighted by molar-refractivity contribution is -0.114. The van der Waals surface area contributed by atoms with Gasteiger partial charge in [-0.3, -0.25) is 9.59 Å². The summed E-state index contributed by atoms with van der Waals surface area (Å²) < 4.78 is 13.9. The first kappa shape index (κ1) is 17.6. The Labute approximate surface area is 139 Å². The summed E-state index contributed by atoms with van der Waals surface area (Å²) in [6.45, 7) is 2.80. The van der Waals surface area contributed by atoms with Gasteiger partial charge in [-0.05, 0) is 30.7 Å². The average molecular weight is 330 g/mol. The van der Waals surface area contributed by atoms with Crippen molar-refractivity contribution in [2.45, 2.75) is 19.4 Å². The van der Waals surface area contributed by atoms with Crippen LogP contribution in [0.1, 0.15) is 29.8 Å². The minimum Gasteiger partial charge on any atom is -0.384 e. The summed E-state index contributed by atoms with van der Waals surface area (Å²) in [5.41, 5.74) is -0.533. The molecule has 2 aromatic rings. The van der Waals surface area contributed by atoms with Gasteiger partial charge in [0.25, 0.3) is 5.91 Å². The zero-order valence-electron chi connectivity index (χ0n) is 13.5. The average Bonchev–Trinajstić information content (AvgIpc) is 2.55. The van der Waals surface area contributed by atoms with Crippen LogP contribution in [-0.2, 0) is 10.4 Å². The van der Waals surface area contributed by atoms with Gasteiger partial charge in [0, 0.05) is 12.6 Å². The van der Waals surface area contributed by atoms with Crippen molar-refractivity contribution >= 4 is 17.5 Å². The molecular formula is C18H19FN2O3. The molecule has 0 saturated carbocycles. The largest absolute Gasteiger partial charge is 0.384 e. The molecule has 2 amide bonds. The van der Waals surface area contributed by atoms with Gasteiger partial charge >= 0.3 is 0 Å². The highest BCUT2D eigenvalue weighted by Crippen LogP contribution is 2.20. The Morgan fingerprint density at radius 2 is 1.83 bits per heavy atom. The van der Waals surface area contributed by atoms with Crippen LogP contribution >= 0.6 is 0 Å². The molecule has 0 saturated heterocycles. The lowest BCUT2D eigenvalue weighted by atomic mass is 9.96. The molecule has 24 heavy (non-hydrogen) atoms. The Hall–Kier alpha value is -2.73. The zero-order valence-corrected chi connectivity index (χ0v) is 13.5. The number of carbonyl (C=O) groups is 2. The quantitative estimate of drug-likeness (QED) is 0.788. The van der Waals surface area contributed by atoms with E-state index in [0.29, 0.717) is 11.3 Å². The SMILES string of the molecule is CC(=O)Nc1ccc(F)c(C(=O)NCC(C)(O)c2ccccc2)c1. The lowest BCUT2D eigenvalue weighted by Crippen LogP contribution is -2.38. The molecule has 2 rings (SSSR count). The smallest absolute Gasteiger partial charge is 0.254 e. The third-order valence-corrected chi connectivity index (χ3v) is 3.52. The van der Waals surface area contributed by atoms with Gasteiger partial charge in [-0.2, -0.15) is 0 Å². The van der Waals surface area contributed by atoms with Crippen LogP contribution in [0.4, 0.5) is 10.1 Å². The molecule has 1 atom stereocenters. The van der Waals surface area contributed by atoms with Crippen LogP contribution in [0.3, 0.4) is 0 Å². The molecule has 0 radical (unpaired) electrons. The summed E-state index contributed by atoms with van der Waals surface area (Å²) >= 11 is 0. The van der Waals surface area contributed by atoms with E-state index >= 15 is 0 Å². The number of rotatable bonds is 5. The minimum absolute atomic E-state index is 0.0837. The summed E-state index contributed by atoms with van der Waals surface area (Å²) in [6, 6.07) is 12.6.